The standard InChI is InChI=1S/C28H43N3O11/c32-25(39-19-11-29-5-13-36-14-6-29)1-3-27(34)41-22-24(21-31-9-17-38-18-10-31)23-42-28(35)4-2-26(33)40-20-12-30-7-15-37-16-8-30/h1-4,24H,5-23H2/b3-1+,4-2+. The third kappa shape index (κ3) is 14.8. The third-order valence-electron chi connectivity index (χ3n) is 6.76. The summed E-state index contributed by atoms with van der Waals surface area (Å²) >= 11 is 0. The number of morpholine rings is 3. The lowest BCUT2D eigenvalue weighted by Crippen LogP contribution is -2.41. The summed E-state index contributed by atoms with van der Waals surface area (Å²) in [5.74, 6) is -3.02. The van der Waals surface area contributed by atoms with E-state index in [0.29, 0.717) is 72.4 Å². The lowest BCUT2D eigenvalue weighted by Gasteiger charge is -2.30. The number of hydrogen-bond acceptors (Lipinski definition) is 14. The molecule has 0 aromatic carbocycles. The second-order valence-corrected chi connectivity index (χ2v) is 9.95. The van der Waals surface area contributed by atoms with Gasteiger partial charge < -0.3 is 33.2 Å². The van der Waals surface area contributed by atoms with Gasteiger partial charge in [0.15, 0.2) is 0 Å². The molecule has 0 amide bonds. The number of nitrogens with zero attached hydrogens (tertiary/aromatic N) is 3. The molecule has 14 nitrogen and oxygen atoms in total. The monoisotopic (exact) mass is 597 g/mol. The Bertz CT molecular complexity index is 834. The summed E-state index contributed by atoms with van der Waals surface area (Å²) < 4.78 is 36.8. The molecule has 0 N–H and O–H groups in total. The first kappa shape index (κ1) is 33.6. The molecule has 0 atom stereocenters. The van der Waals surface area contributed by atoms with Gasteiger partial charge in [0.25, 0.3) is 0 Å². The minimum atomic E-state index is -0.710. The topological polar surface area (TPSA) is 143 Å². The molecule has 0 aromatic rings. The van der Waals surface area contributed by atoms with E-state index in [9.17, 15) is 19.2 Å². The van der Waals surface area contributed by atoms with Gasteiger partial charge in [0.1, 0.15) is 13.2 Å². The van der Waals surface area contributed by atoms with Gasteiger partial charge in [-0.15, -0.1) is 0 Å². The van der Waals surface area contributed by atoms with Crippen LogP contribution < -0.4 is 0 Å². The van der Waals surface area contributed by atoms with Crippen LogP contribution in [0.5, 0.6) is 0 Å². The first-order valence-corrected chi connectivity index (χ1v) is 14.4. The van der Waals surface area contributed by atoms with Crippen molar-refractivity contribution in [2.75, 3.05) is 125 Å². The Morgan fingerprint density at radius 2 is 0.857 bits per heavy atom. The first-order valence-electron chi connectivity index (χ1n) is 14.4. The maximum atomic E-state index is 12.2. The number of ether oxygens (including phenoxy) is 7. The van der Waals surface area contributed by atoms with Gasteiger partial charge >= 0.3 is 23.9 Å². The fourth-order valence-corrected chi connectivity index (χ4v) is 4.37. The average Bonchev–Trinajstić information content (AvgIpc) is 3.02. The van der Waals surface area contributed by atoms with E-state index < -0.39 is 23.9 Å². The van der Waals surface area contributed by atoms with Gasteiger partial charge in [-0.2, -0.15) is 0 Å². The zero-order valence-corrected chi connectivity index (χ0v) is 24.2. The lowest BCUT2D eigenvalue weighted by molar-refractivity contribution is -0.145. The fraction of sp³-hybridized carbons (Fsp3) is 0.714. The summed E-state index contributed by atoms with van der Waals surface area (Å²) in [4.78, 5) is 54.7. The highest BCUT2D eigenvalue weighted by atomic mass is 16.6. The molecule has 3 heterocycles. The Kier molecular flexibility index (Phi) is 16.1. The van der Waals surface area contributed by atoms with E-state index in [1.807, 2.05) is 0 Å². The van der Waals surface area contributed by atoms with Gasteiger partial charge in [0.2, 0.25) is 0 Å². The van der Waals surface area contributed by atoms with Crippen molar-refractivity contribution < 1.29 is 52.3 Å². The number of carbonyl (C=O) groups is 4. The Hall–Kier alpha value is -2.88. The highest BCUT2D eigenvalue weighted by molar-refractivity contribution is 5.92. The number of hydrogen-bond donors (Lipinski definition) is 0. The van der Waals surface area contributed by atoms with Crippen LogP contribution in [0.15, 0.2) is 24.3 Å². The van der Waals surface area contributed by atoms with Crippen LogP contribution in [0.1, 0.15) is 0 Å². The van der Waals surface area contributed by atoms with Crippen molar-refractivity contribution in [2.45, 2.75) is 0 Å². The van der Waals surface area contributed by atoms with Crippen LogP contribution in [0, 0.1) is 5.92 Å². The summed E-state index contributed by atoms with van der Waals surface area (Å²) in [5, 5.41) is 0. The molecule has 3 aliphatic rings. The summed E-state index contributed by atoms with van der Waals surface area (Å²) in [6, 6.07) is 0. The molecule has 3 fully saturated rings. The predicted octanol–water partition coefficient (Wildman–Crippen LogP) is -1.12. The van der Waals surface area contributed by atoms with Crippen LogP contribution in [0.3, 0.4) is 0 Å². The smallest absolute Gasteiger partial charge is 0.331 e. The normalized spacial score (nSPS) is 19.3. The molecule has 0 aliphatic carbocycles. The number of esters is 4. The SMILES string of the molecule is O=C(/C=C/C(=O)OCC(COC(=O)/C=C/C(=O)OCCN1CCOCC1)CN1CCOCC1)OCCN1CCOCC1. The summed E-state index contributed by atoms with van der Waals surface area (Å²) in [5.41, 5.74) is 0. The number of carbonyl (C=O) groups excluding carboxylic acids is 4. The molecule has 0 unspecified atom stereocenters. The summed E-state index contributed by atoms with van der Waals surface area (Å²) in [7, 11) is 0. The molecule has 3 saturated heterocycles. The van der Waals surface area contributed by atoms with Crippen LogP contribution >= 0.6 is 0 Å². The van der Waals surface area contributed by atoms with E-state index in [-0.39, 0.29) is 32.3 Å². The predicted molar refractivity (Wildman–Crippen MR) is 147 cm³/mol. The molecule has 3 rings (SSSR count). The van der Waals surface area contributed by atoms with Crippen molar-refractivity contribution in [3.05, 3.63) is 24.3 Å². The Balaban J connectivity index is 1.35. The Labute approximate surface area is 246 Å². The van der Waals surface area contributed by atoms with Crippen LogP contribution in [0.2, 0.25) is 0 Å². The van der Waals surface area contributed by atoms with Gasteiger partial charge in [-0.05, 0) is 0 Å². The maximum absolute atomic E-state index is 12.2. The van der Waals surface area contributed by atoms with Crippen molar-refractivity contribution in [2.24, 2.45) is 5.92 Å². The largest absolute Gasteiger partial charge is 0.462 e. The van der Waals surface area contributed by atoms with Crippen LogP contribution in [0.4, 0.5) is 0 Å². The molecule has 0 bridgehead atoms. The van der Waals surface area contributed by atoms with E-state index in [1.165, 1.54) is 0 Å². The molecule has 14 heteroatoms. The van der Waals surface area contributed by atoms with Gasteiger partial charge in [-0.1, -0.05) is 0 Å². The summed E-state index contributed by atoms with van der Waals surface area (Å²) in [6.07, 6.45) is 4.09. The summed E-state index contributed by atoms with van der Waals surface area (Å²) in [6.45, 7) is 10.4. The zero-order valence-electron chi connectivity index (χ0n) is 24.2. The molecule has 0 spiro atoms. The van der Waals surface area contributed by atoms with Crippen LogP contribution in [-0.2, 0) is 52.3 Å². The third-order valence-corrected chi connectivity index (χ3v) is 6.76. The molecule has 0 saturated carbocycles. The average molecular weight is 598 g/mol. The van der Waals surface area contributed by atoms with Gasteiger partial charge in [-0.25, -0.2) is 19.2 Å². The second-order valence-electron chi connectivity index (χ2n) is 9.95. The van der Waals surface area contributed by atoms with Crippen molar-refractivity contribution in [3.8, 4) is 0 Å². The maximum Gasteiger partial charge on any atom is 0.331 e. The molecule has 3 aliphatic heterocycles. The van der Waals surface area contributed by atoms with E-state index >= 15 is 0 Å². The van der Waals surface area contributed by atoms with E-state index in [0.717, 1.165) is 50.5 Å². The number of rotatable bonds is 16. The van der Waals surface area contributed by atoms with Crippen molar-refractivity contribution >= 4 is 23.9 Å². The van der Waals surface area contributed by atoms with Crippen LogP contribution in [-0.4, -0.2) is 164 Å². The highest BCUT2D eigenvalue weighted by Crippen LogP contribution is 2.07. The van der Waals surface area contributed by atoms with Crippen molar-refractivity contribution in [1.82, 2.24) is 14.7 Å². The minimum absolute atomic E-state index is 0.0345. The van der Waals surface area contributed by atoms with E-state index in [4.69, 9.17) is 33.2 Å². The lowest BCUT2D eigenvalue weighted by atomic mass is 10.1. The quantitative estimate of drug-likeness (QED) is 0.120. The highest BCUT2D eigenvalue weighted by Gasteiger charge is 2.20. The molecule has 42 heavy (non-hydrogen) atoms. The van der Waals surface area contributed by atoms with Gasteiger partial charge in [0, 0.05) is 89.1 Å². The van der Waals surface area contributed by atoms with Gasteiger partial charge in [-0.3, -0.25) is 14.7 Å². The van der Waals surface area contributed by atoms with Crippen molar-refractivity contribution in [1.29, 1.82) is 0 Å². The zero-order chi connectivity index (χ0) is 29.8. The van der Waals surface area contributed by atoms with Crippen LogP contribution in [0.25, 0.3) is 0 Å². The van der Waals surface area contributed by atoms with E-state index in [2.05, 4.69) is 14.7 Å². The minimum Gasteiger partial charge on any atom is -0.462 e. The molecule has 0 radical (unpaired) electrons. The second kappa shape index (κ2) is 20.1. The fourth-order valence-electron chi connectivity index (χ4n) is 4.37. The van der Waals surface area contributed by atoms with Crippen molar-refractivity contribution in [3.63, 3.8) is 0 Å². The Morgan fingerprint density at radius 3 is 1.24 bits per heavy atom. The molecule has 0 aromatic heterocycles. The van der Waals surface area contributed by atoms with E-state index in [1.54, 1.807) is 0 Å². The molecular weight excluding hydrogens is 554 g/mol. The molecular formula is C28H43N3O11. The first-order chi connectivity index (χ1) is 20.5. The Morgan fingerprint density at radius 1 is 0.524 bits per heavy atom. The molecule has 236 valence electrons. The van der Waals surface area contributed by atoms with Gasteiger partial charge in [0.05, 0.1) is 52.9 Å².